The van der Waals surface area contributed by atoms with E-state index in [0.29, 0.717) is 6.42 Å². The normalized spacial score (nSPS) is 29.1. The quantitative estimate of drug-likeness (QED) is 0.588. The summed E-state index contributed by atoms with van der Waals surface area (Å²) in [5, 5.41) is 7.36. The van der Waals surface area contributed by atoms with Gasteiger partial charge in [-0.1, -0.05) is 18.2 Å². The van der Waals surface area contributed by atoms with E-state index in [2.05, 4.69) is 40.5 Å². The minimum Gasteiger partial charge on any atom is -0.444 e. The van der Waals surface area contributed by atoms with Crippen LogP contribution in [0.3, 0.4) is 0 Å². The van der Waals surface area contributed by atoms with Crippen LogP contribution in [-0.4, -0.2) is 34.3 Å². The van der Waals surface area contributed by atoms with Gasteiger partial charge in [-0.25, -0.2) is 4.79 Å². The Kier molecular flexibility index (Phi) is 6.13. The minimum atomic E-state index is -0.702. The van der Waals surface area contributed by atoms with Crippen LogP contribution in [0.2, 0.25) is 0 Å². The Morgan fingerprint density at radius 3 is 2.26 bits per heavy atom. The highest BCUT2D eigenvalue weighted by molar-refractivity contribution is 5.88. The van der Waals surface area contributed by atoms with Gasteiger partial charge in [-0.05, 0) is 101 Å². The predicted molar refractivity (Wildman–Crippen MR) is 138 cm³/mol. The van der Waals surface area contributed by atoms with Gasteiger partial charge in [0.15, 0.2) is 0 Å². The van der Waals surface area contributed by atoms with Crippen molar-refractivity contribution in [2.45, 2.75) is 90.3 Å². The van der Waals surface area contributed by atoms with Crippen LogP contribution in [0.4, 0.5) is 4.79 Å². The molecule has 4 fully saturated rings. The van der Waals surface area contributed by atoms with Gasteiger partial charge in [-0.15, -0.1) is 0 Å². The first-order valence-electron chi connectivity index (χ1n) is 13.3. The highest BCUT2D eigenvalue weighted by Crippen LogP contribution is 2.61. The van der Waals surface area contributed by atoms with Crippen molar-refractivity contribution in [2.75, 3.05) is 0 Å². The molecule has 1 aromatic heterocycles. The van der Waals surface area contributed by atoms with Crippen LogP contribution >= 0.6 is 0 Å². The van der Waals surface area contributed by atoms with Gasteiger partial charge in [0.2, 0.25) is 5.91 Å². The molecule has 4 bridgehead atoms. The van der Waals surface area contributed by atoms with Crippen molar-refractivity contribution >= 4 is 22.9 Å². The topological polar surface area (TPSA) is 72.4 Å². The van der Waals surface area contributed by atoms with Crippen molar-refractivity contribution in [3.63, 3.8) is 0 Å². The number of carbonyl (C=O) groups is 2. The number of amides is 2. The van der Waals surface area contributed by atoms with Crippen molar-refractivity contribution in [2.24, 2.45) is 30.2 Å². The smallest absolute Gasteiger partial charge is 0.408 e. The summed E-state index contributed by atoms with van der Waals surface area (Å²) < 4.78 is 7.59. The Balaban J connectivity index is 1.35. The SMILES string of the molecule is CC(NC(=O)C(Cc1cn(C)c2ccccc12)NC(=O)OC(C)(C)C)C12CC3CC(CC(C3)C1)C2. The second-order valence-electron chi connectivity index (χ2n) is 12.7. The zero-order valence-electron chi connectivity index (χ0n) is 21.9. The predicted octanol–water partition coefficient (Wildman–Crippen LogP) is 5.34. The minimum absolute atomic E-state index is 0.0962. The molecular weight excluding hydrogens is 438 g/mol. The molecule has 0 radical (unpaired) electrons. The van der Waals surface area contributed by atoms with Crippen LogP contribution in [0.25, 0.3) is 10.9 Å². The molecule has 1 aromatic carbocycles. The zero-order valence-corrected chi connectivity index (χ0v) is 21.9. The number of aryl methyl sites for hydroxylation is 1. The summed E-state index contributed by atoms with van der Waals surface area (Å²) in [6, 6.07) is 7.57. The zero-order chi connectivity index (χ0) is 25.0. The Labute approximate surface area is 209 Å². The number of fused-ring (bicyclic) bond motifs is 1. The highest BCUT2D eigenvalue weighted by Gasteiger charge is 2.53. The van der Waals surface area contributed by atoms with Crippen LogP contribution in [-0.2, 0) is 23.0 Å². The third kappa shape index (κ3) is 4.94. The van der Waals surface area contributed by atoms with E-state index in [4.69, 9.17) is 4.74 Å². The van der Waals surface area contributed by atoms with Gasteiger partial charge in [0.05, 0.1) is 0 Å². The molecule has 2 amide bonds. The van der Waals surface area contributed by atoms with Crippen molar-refractivity contribution < 1.29 is 14.3 Å². The molecule has 6 rings (SSSR count). The number of nitrogens with zero attached hydrogens (tertiary/aromatic N) is 1. The number of carbonyl (C=O) groups excluding carboxylic acids is 2. The van der Waals surface area contributed by atoms with E-state index in [1.165, 1.54) is 38.5 Å². The molecule has 0 aliphatic heterocycles. The van der Waals surface area contributed by atoms with Gasteiger partial charge in [0.25, 0.3) is 0 Å². The number of alkyl carbamates (subject to hydrolysis) is 1. The average molecular weight is 480 g/mol. The lowest BCUT2D eigenvalue weighted by Crippen LogP contribution is -2.58. The summed E-state index contributed by atoms with van der Waals surface area (Å²) in [6.07, 6.45) is 9.75. The molecule has 4 saturated carbocycles. The fraction of sp³-hybridized carbons (Fsp3) is 0.655. The van der Waals surface area contributed by atoms with E-state index in [9.17, 15) is 9.59 Å². The number of para-hydroxylation sites is 1. The number of rotatable bonds is 6. The van der Waals surface area contributed by atoms with Gasteiger partial charge in [0.1, 0.15) is 11.6 Å². The van der Waals surface area contributed by atoms with E-state index < -0.39 is 17.7 Å². The second kappa shape index (κ2) is 8.86. The van der Waals surface area contributed by atoms with Crippen molar-refractivity contribution in [1.29, 1.82) is 0 Å². The number of aromatic nitrogens is 1. The maximum absolute atomic E-state index is 13.7. The van der Waals surface area contributed by atoms with Crippen LogP contribution in [0.1, 0.15) is 71.8 Å². The monoisotopic (exact) mass is 479 g/mol. The molecule has 4 aliphatic rings. The first kappa shape index (κ1) is 24.2. The maximum atomic E-state index is 13.7. The van der Waals surface area contributed by atoms with Gasteiger partial charge in [0, 0.05) is 36.6 Å². The molecule has 1 heterocycles. The van der Waals surface area contributed by atoms with Crippen LogP contribution < -0.4 is 10.6 Å². The number of hydrogen-bond donors (Lipinski definition) is 2. The molecular formula is C29H41N3O3. The van der Waals surface area contributed by atoms with Gasteiger partial charge in [-0.3, -0.25) is 4.79 Å². The molecule has 6 nitrogen and oxygen atoms in total. The standard InChI is InChI=1S/C29H41N3O3/c1-18(29-14-19-10-20(15-29)12-21(11-19)16-29)30-26(33)24(31-27(34)35-28(2,3)4)13-22-17-32(5)25-9-7-6-8-23(22)25/h6-9,17-21,24H,10-16H2,1-5H3,(H,30,33)(H,31,34). The lowest BCUT2D eigenvalue weighted by atomic mass is 9.48. The fourth-order valence-corrected chi connectivity index (χ4v) is 7.64. The third-order valence-corrected chi connectivity index (χ3v) is 8.77. The molecule has 2 atom stereocenters. The number of hydrogen-bond acceptors (Lipinski definition) is 3. The number of nitrogens with one attached hydrogen (secondary N) is 2. The fourth-order valence-electron chi connectivity index (χ4n) is 7.64. The highest BCUT2D eigenvalue weighted by atomic mass is 16.6. The largest absolute Gasteiger partial charge is 0.444 e. The lowest BCUT2D eigenvalue weighted by Gasteiger charge is -2.59. The Morgan fingerprint density at radius 2 is 1.66 bits per heavy atom. The van der Waals surface area contributed by atoms with E-state index >= 15 is 0 Å². The van der Waals surface area contributed by atoms with Crippen molar-refractivity contribution in [3.8, 4) is 0 Å². The van der Waals surface area contributed by atoms with Crippen LogP contribution in [0.5, 0.6) is 0 Å². The molecule has 4 aliphatic carbocycles. The summed E-state index contributed by atoms with van der Waals surface area (Å²) in [5.74, 6) is 2.36. The molecule has 0 spiro atoms. The molecule has 2 N–H and O–H groups in total. The molecule has 0 saturated heterocycles. The molecule has 6 heteroatoms. The molecule has 2 unspecified atom stereocenters. The van der Waals surface area contributed by atoms with E-state index in [1.54, 1.807) is 0 Å². The van der Waals surface area contributed by atoms with Crippen LogP contribution in [0.15, 0.2) is 30.5 Å². The van der Waals surface area contributed by atoms with Gasteiger partial charge < -0.3 is 19.9 Å². The summed E-state index contributed by atoms with van der Waals surface area (Å²) in [5.41, 5.74) is 1.74. The van der Waals surface area contributed by atoms with Crippen molar-refractivity contribution in [3.05, 3.63) is 36.0 Å². The first-order valence-corrected chi connectivity index (χ1v) is 13.3. The Bertz CT molecular complexity index is 1080. The van der Waals surface area contributed by atoms with Gasteiger partial charge in [-0.2, -0.15) is 0 Å². The summed E-state index contributed by atoms with van der Waals surface area (Å²) >= 11 is 0. The summed E-state index contributed by atoms with van der Waals surface area (Å²) in [7, 11) is 2.01. The van der Waals surface area contributed by atoms with Crippen molar-refractivity contribution in [1.82, 2.24) is 15.2 Å². The molecule has 35 heavy (non-hydrogen) atoms. The maximum Gasteiger partial charge on any atom is 0.408 e. The Morgan fingerprint density at radius 1 is 1.06 bits per heavy atom. The first-order chi connectivity index (χ1) is 16.5. The Hall–Kier alpha value is -2.50. The third-order valence-electron chi connectivity index (χ3n) is 8.77. The second-order valence-corrected chi connectivity index (χ2v) is 12.7. The average Bonchev–Trinajstić information content (AvgIpc) is 3.06. The van der Waals surface area contributed by atoms with Gasteiger partial charge >= 0.3 is 6.09 Å². The number of ether oxygens (including phenoxy) is 1. The number of benzene rings is 1. The van der Waals surface area contributed by atoms with E-state index in [1.807, 2.05) is 40.0 Å². The molecule has 2 aromatic rings. The van der Waals surface area contributed by atoms with E-state index in [-0.39, 0.29) is 17.4 Å². The summed E-state index contributed by atoms with van der Waals surface area (Å²) in [4.78, 5) is 26.4. The lowest BCUT2D eigenvalue weighted by molar-refractivity contribution is -0.127. The van der Waals surface area contributed by atoms with E-state index in [0.717, 1.165) is 34.2 Å². The molecule has 190 valence electrons. The van der Waals surface area contributed by atoms with Crippen LogP contribution in [0, 0.1) is 23.2 Å². The summed E-state index contributed by atoms with van der Waals surface area (Å²) in [6.45, 7) is 7.69.